The van der Waals surface area contributed by atoms with Gasteiger partial charge in [-0.25, -0.2) is 13.4 Å². The van der Waals surface area contributed by atoms with Gasteiger partial charge in [-0.2, -0.15) is 0 Å². The van der Waals surface area contributed by atoms with E-state index in [1.165, 1.54) is 6.26 Å². The van der Waals surface area contributed by atoms with Gasteiger partial charge in [-0.1, -0.05) is 0 Å². The van der Waals surface area contributed by atoms with E-state index in [0.717, 1.165) is 11.4 Å². The summed E-state index contributed by atoms with van der Waals surface area (Å²) in [5, 5.41) is 0. The lowest BCUT2D eigenvalue weighted by Crippen LogP contribution is -1.97. The predicted molar refractivity (Wildman–Crippen MR) is 61.4 cm³/mol. The van der Waals surface area contributed by atoms with Crippen LogP contribution in [0.3, 0.4) is 0 Å². The number of rotatable bonds is 2. The monoisotopic (exact) mass is 236 g/mol. The number of imidazole rings is 1. The van der Waals surface area contributed by atoms with Crippen LogP contribution in [0.5, 0.6) is 0 Å². The van der Waals surface area contributed by atoms with Crippen LogP contribution >= 0.6 is 0 Å². The van der Waals surface area contributed by atoms with Gasteiger partial charge < -0.3 is 4.57 Å². The Morgan fingerprint density at radius 1 is 1.19 bits per heavy atom. The summed E-state index contributed by atoms with van der Waals surface area (Å²) in [6.07, 6.45) is 4.78. The highest BCUT2D eigenvalue weighted by Gasteiger charge is 2.06. The average molecular weight is 236 g/mol. The molecule has 0 amide bonds. The van der Waals surface area contributed by atoms with Crippen molar-refractivity contribution in [2.24, 2.45) is 0 Å². The van der Waals surface area contributed by atoms with Crippen LogP contribution in [-0.2, 0) is 9.84 Å². The third-order valence-electron chi connectivity index (χ3n) is 2.27. The van der Waals surface area contributed by atoms with Crippen LogP contribution in [0.2, 0.25) is 0 Å². The molecule has 1 heterocycles. The van der Waals surface area contributed by atoms with Crippen LogP contribution in [-0.4, -0.2) is 24.2 Å². The first-order valence-corrected chi connectivity index (χ1v) is 6.67. The lowest BCUT2D eigenvalue weighted by atomic mass is 10.3. The SMILES string of the molecule is Cc1cn(-c2ccc(S(C)(=O)=O)cc2)cn1. The van der Waals surface area contributed by atoms with Crippen molar-refractivity contribution < 1.29 is 8.42 Å². The molecule has 0 N–H and O–H groups in total. The largest absolute Gasteiger partial charge is 0.306 e. The Bertz CT molecular complexity index is 597. The minimum Gasteiger partial charge on any atom is -0.306 e. The van der Waals surface area contributed by atoms with Gasteiger partial charge >= 0.3 is 0 Å². The minimum atomic E-state index is -3.12. The Morgan fingerprint density at radius 3 is 2.25 bits per heavy atom. The Labute approximate surface area is 94.5 Å². The summed E-state index contributed by atoms with van der Waals surface area (Å²) >= 11 is 0. The molecule has 2 aromatic rings. The van der Waals surface area contributed by atoms with Crippen molar-refractivity contribution in [2.75, 3.05) is 6.26 Å². The van der Waals surface area contributed by atoms with Crippen LogP contribution < -0.4 is 0 Å². The number of sulfone groups is 1. The van der Waals surface area contributed by atoms with E-state index in [1.54, 1.807) is 30.6 Å². The maximum absolute atomic E-state index is 11.3. The first-order chi connectivity index (χ1) is 7.47. The van der Waals surface area contributed by atoms with E-state index in [1.807, 2.05) is 17.7 Å². The highest BCUT2D eigenvalue weighted by atomic mass is 32.2. The van der Waals surface area contributed by atoms with Gasteiger partial charge in [-0.15, -0.1) is 0 Å². The molecule has 0 fully saturated rings. The normalized spacial score (nSPS) is 11.6. The summed E-state index contributed by atoms with van der Waals surface area (Å²) in [6.45, 7) is 1.90. The van der Waals surface area contributed by atoms with E-state index in [2.05, 4.69) is 4.98 Å². The fourth-order valence-corrected chi connectivity index (χ4v) is 2.06. The van der Waals surface area contributed by atoms with Crippen LogP contribution in [0.1, 0.15) is 5.69 Å². The Hall–Kier alpha value is -1.62. The fourth-order valence-electron chi connectivity index (χ4n) is 1.43. The molecule has 2 rings (SSSR count). The van der Waals surface area contributed by atoms with Crippen molar-refractivity contribution in [1.82, 2.24) is 9.55 Å². The molecule has 0 aliphatic rings. The van der Waals surface area contributed by atoms with Gasteiger partial charge in [0.2, 0.25) is 0 Å². The molecule has 0 aliphatic carbocycles. The third kappa shape index (κ3) is 2.14. The Balaban J connectivity index is 2.40. The molecule has 0 spiro atoms. The lowest BCUT2D eigenvalue weighted by molar-refractivity contribution is 0.602. The Kier molecular flexibility index (Phi) is 2.55. The van der Waals surface area contributed by atoms with Crippen molar-refractivity contribution in [3.05, 3.63) is 42.5 Å². The van der Waals surface area contributed by atoms with Crippen molar-refractivity contribution in [3.63, 3.8) is 0 Å². The lowest BCUT2D eigenvalue weighted by Gasteiger charge is -2.03. The second-order valence-corrected chi connectivity index (χ2v) is 5.70. The number of hydrogen-bond acceptors (Lipinski definition) is 3. The second-order valence-electron chi connectivity index (χ2n) is 3.69. The van der Waals surface area contributed by atoms with Gasteiger partial charge in [0.25, 0.3) is 0 Å². The van der Waals surface area contributed by atoms with E-state index in [0.29, 0.717) is 4.90 Å². The van der Waals surface area contributed by atoms with E-state index in [4.69, 9.17) is 0 Å². The van der Waals surface area contributed by atoms with Crippen molar-refractivity contribution in [2.45, 2.75) is 11.8 Å². The van der Waals surface area contributed by atoms with Crippen molar-refractivity contribution in [1.29, 1.82) is 0 Å². The summed E-state index contributed by atoms with van der Waals surface area (Å²) in [6, 6.07) is 6.72. The van der Waals surface area contributed by atoms with Gasteiger partial charge in [-0.05, 0) is 31.2 Å². The summed E-state index contributed by atoms with van der Waals surface area (Å²) in [4.78, 5) is 4.44. The van der Waals surface area contributed by atoms with Crippen LogP contribution in [0, 0.1) is 6.92 Å². The summed E-state index contributed by atoms with van der Waals surface area (Å²) in [5.41, 5.74) is 1.82. The van der Waals surface area contributed by atoms with Crippen LogP contribution in [0.15, 0.2) is 41.7 Å². The molecule has 16 heavy (non-hydrogen) atoms. The van der Waals surface area contributed by atoms with E-state index in [-0.39, 0.29) is 0 Å². The Morgan fingerprint density at radius 2 is 1.81 bits per heavy atom. The van der Waals surface area contributed by atoms with Gasteiger partial charge in [0.05, 0.1) is 16.9 Å². The van der Waals surface area contributed by atoms with Crippen molar-refractivity contribution in [3.8, 4) is 5.69 Å². The molecule has 1 aromatic heterocycles. The van der Waals surface area contributed by atoms with E-state index >= 15 is 0 Å². The highest BCUT2D eigenvalue weighted by Crippen LogP contribution is 2.13. The zero-order valence-electron chi connectivity index (χ0n) is 9.08. The molecular weight excluding hydrogens is 224 g/mol. The number of benzene rings is 1. The molecule has 0 bridgehead atoms. The van der Waals surface area contributed by atoms with Gasteiger partial charge in [0.15, 0.2) is 9.84 Å². The van der Waals surface area contributed by atoms with E-state index < -0.39 is 9.84 Å². The summed E-state index contributed by atoms with van der Waals surface area (Å²) in [5.74, 6) is 0. The predicted octanol–water partition coefficient (Wildman–Crippen LogP) is 1.58. The molecule has 0 unspecified atom stereocenters. The molecule has 0 saturated carbocycles. The highest BCUT2D eigenvalue weighted by molar-refractivity contribution is 7.90. The van der Waals surface area contributed by atoms with Crippen LogP contribution in [0.25, 0.3) is 5.69 Å². The summed E-state index contributed by atoms with van der Waals surface area (Å²) < 4.78 is 24.4. The number of aromatic nitrogens is 2. The molecule has 0 aliphatic heterocycles. The van der Waals surface area contributed by atoms with Gasteiger partial charge in [0.1, 0.15) is 0 Å². The quantitative estimate of drug-likeness (QED) is 0.795. The molecule has 0 atom stereocenters. The summed E-state index contributed by atoms with van der Waals surface area (Å²) in [7, 11) is -3.12. The number of hydrogen-bond donors (Lipinski definition) is 0. The average Bonchev–Trinajstić information content (AvgIpc) is 2.64. The fraction of sp³-hybridized carbons (Fsp3) is 0.182. The molecule has 0 radical (unpaired) electrons. The standard InChI is InChI=1S/C11H12N2O2S/c1-9-7-13(8-12-9)10-3-5-11(6-4-10)16(2,14)15/h3-8H,1-2H3. The molecule has 0 saturated heterocycles. The van der Waals surface area contributed by atoms with Crippen molar-refractivity contribution >= 4 is 9.84 Å². The molecule has 4 nitrogen and oxygen atoms in total. The second kappa shape index (κ2) is 3.75. The zero-order valence-corrected chi connectivity index (χ0v) is 9.90. The maximum Gasteiger partial charge on any atom is 0.175 e. The zero-order chi connectivity index (χ0) is 11.8. The third-order valence-corrected chi connectivity index (χ3v) is 3.40. The molecule has 1 aromatic carbocycles. The smallest absolute Gasteiger partial charge is 0.175 e. The molecular formula is C11H12N2O2S. The van der Waals surface area contributed by atoms with Crippen LogP contribution in [0.4, 0.5) is 0 Å². The topological polar surface area (TPSA) is 52.0 Å². The maximum atomic E-state index is 11.3. The van der Waals surface area contributed by atoms with Gasteiger partial charge in [0, 0.05) is 18.1 Å². The van der Waals surface area contributed by atoms with E-state index in [9.17, 15) is 8.42 Å². The molecule has 84 valence electrons. The van der Waals surface area contributed by atoms with Gasteiger partial charge in [-0.3, -0.25) is 0 Å². The minimum absolute atomic E-state index is 0.327. The number of nitrogens with zero attached hydrogens (tertiary/aromatic N) is 2. The first kappa shape index (κ1) is 10.9. The number of aryl methyl sites for hydroxylation is 1. The first-order valence-electron chi connectivity index (χ1n) is 4.78. The molecule has 5 heteroatoms.